The van der Waals surface area contributed by atoms with Gasteiger partial charge >= 0.3 is 0 Å². The number of benzene rings is 1. The number of ether oxygens (including phenoxy) is 1. The number of nitrogens with zero attached hydrogens (tertiary/aromatic N) is 1. The molecule has 0 aromatic heterocycles. The third kappa shape index (κ3) is 3.20. The lowest BCUT2D eigenvalue weighted by Gasteiger charge is -2.35. The molecule has 0 amide bonds. The van der Waals surface area contributed by atoms with Crippen molar-refractivity contribution in [1.82, 2.24) is 4.90 Å². The largest absolute Gasteiger partial charge is 0.497 e. The Balaban J connectivity index is 1.92. The Hall–Kier alpha value is -1.06. The molecule has 94 valence electrons. The molecule has 3 heteroatoms. The number of rotatable bonds is 3. The van der Waals surface area contributed by atoms with Crippen LogP contribution < -0.4 is 10.5 Å². The van der Waals surface area contributed by atoms with E-state index in [-0.39, 0.29) is 0 Å². The van der Waals surface area contributed by atoms with Gasteiger partial charge in [0.25, 0.3) is 0 Å². The minimum Gasteiger partial charge on any atom is -0.497 e. The maximum Gasteiger partial charge on any atom is 0.118 e. The van der Waals surface area contributed by atoms with Gasteiger partial charge < -0.3 is 10.5 Å². The summed E-state index contributed by atoms with van der Waals surface area (Å²) in [7, 11) is 1.69. The zero-order valence-corrected chi connectivity index (χ0v) is 10.7. The molecule has 2 unspecified atom stereocenters. The third-order valence-electron chi connectivity index (χ3n) is 3.67. The standard InChI is InChI=1S/C14H22N2O/c1-11-7-8-16(10-14(11)15)9-12-3-5-13(17-2)6-4-12/h3-6,11,14H,7-10,15H2,1-2H3. The maximum absolute atomic E-state index is 6.11. The molecule has 1 heterocycles. The summed E-state index contributed by atoms with van der Waals surface area (Å²) in [4.78, 5) is 2.44. The SMILES string of the molecule is COc1ccc(CN2CCC(C)C(N)C2)cc1. The average molecular weight is 234 g/mol. The van der Waals surface area contributed by atoms with Gasteiger partial charge in [-0.2, -0.15) is 0 Å². The molecule has 0 saturated carbocycles. The number of methoxy groups -OCH3 is 1. The molecule has 3 nitrogen and oxygen atoms in total. The molecule has 2 atom stereocenters. The highest BCUT2D eigenvalue weighted by molar-refractivity contribution is 5.27. The van der Waals surface area contributed by atoms with Crippen molar-refractivity contribution in [3.8, 4) is 5.75 Å². The Morgan fingerprint density at radius 3 is 2.65 bits per heavy atom. The van der Waals surface area contributed by atoms with Crippen LogP contribution in [0.3, 0.4) is 0 Å². The van der Waals surface area contributed by atoms with Gasteiger partial charge in [-0.15, -0.1) is 0 Å². The molecule has 2 rings (SSSR count). The molecule has 1 saturated heterocycles. The molecule has 17 heavy (non-hydrogen) atoms. The van der Waals surface area contributed by atoms with Crippen molar-refractivity contribution in [3.05, 3.63) is 29.8 Å². The normalized spacial score (nSPS) is 25.8. The minimum absolute atomic E-state index is 0.321. The quantitative estimate of drug-likeness (QED) is 0.867. The Morgan fingerprint density at radius 1 is 1.35 bits per heavy atom. The van der Waals surface area contributed by atoms with Crippen LogP contribution in [0.1, 0.15) is 18.9 Å². The van der Waals surface area contributed by atoms with Crippen molar-refractivity contribution in [3.63, 3.8) is 0 Å². The van der Waals surface area contributed by atoms with Crippen LogP contribution in [0.5, 0.6) is 5.75 Å². The Kier molecular flexibility index (Phi) is 4.02. The first-order valence-corrected chi connectivity index (χ1v) is 6.30. The second-order valence-electron chi connectivity index (χ2n) is 5.01. The first kappa shape index (κ1) is 12.4. The summed E-state index contributed by atoms with van der Waals surface area (Å²) < 4.78 is 5.16. The number of hydrogen-bond donors (Lipinski definition) is 1. The highest BCUT2D eigenvalue weighted by Gasteiger charge is 2.22. The fraction of sp³-hybridized carbons (Fsp3) is 0.571. The van der Waals surface area contributed by atoms with E-state index in [4.69, 9.17) is 10.5 Å². The Bertz CT molecular complexity index is 350. The van der Waals surface area contributed by atoms with Gasteiger partial charge in [-0.25, -0.2) is 0 Å². The molecule has 2 N–H and O–H groups in total. The van der Waals surface area contributed by atoms with Crippen LogP contribution in [0.2, 0.25) is 0 Å². The Morgan fingerprint density at radius 2 is 2.06 bits per heavy atom. The molecule has 0 aliphatic carbocycles. The van der Waals surface area contributed by atoms with Crippen LogP contribution in [-0.4, -0.2) is 31.1 Å². The van der Waals surface area contributed by atoms with E-state index in [2.05, 4.69) is 24.0 Å². The van der Waals surface area contributed by atoms with Crippen molar-refractivity contribution in [2.24, 2.45) is 11.7 Å². The van der Waals surface area contributed by atoms with E-state index >= 15 is 0 Å². The summed E-state index contributed by atoms with van der Waals surface area (Å²) in [6, 6.07) is 8.61. The van der Waals surface area contributed by atoms with E-state index < -0.39 is 0 Å². The maximum atomic E-state index is 6.11. The summed E-state index contributed by atoms with van der Waals surface area (Å²) in [5, 5.41) is 0. The van der Waals surface area contributed by atoms with Gasteiger partial charge in [0.05, 0.1) is 7.11 Å². The van der Waals surface area contributed by atoms with Crippen LogP contribution in [0, 0.1) is 5.92 Å². The van der Waals surface area contributed by atoms with Crippen molar-refractivity contribution in [1.29, 1.82) is 0 Å². The molecule has 1 aliphatic heterocycles. The van der Waals surface area contributed by atoms with E-state index in [0.29, 0.717) is 12.0 Å². The van der Waals surface area contributed by atoms with Crippen LogP contribution in [0.4, 0.5) is 0 Å². The number of piperidine rings is 1. The molecular formula is C14H22N2O. The summed E-state index contributed by atoms with van der Waals surface area (Å²) in [5.41, 5.74) is 7.43. The number of hydrogen-bond acceptors (Lipinski definition) is 3. The van der Waals surface area contributed by atoms with Crippen LogP contribution in [0.15, 0.2) is 24.3 Å². The summed E-state index contributed by atoms with van der Waals surface area (Å²) in [6.07, 6.45) is 1.21. The van der Waals surface area contributed by atoms with Crippen molar-refractivity contribution < 1.29 is 4.74 Å². The highest BCUT2D eigenvalue weighted by Crippen LogP contribution is 2.18. The fourth-order valence-electron chi connectivity index (χ4n) is 2.30. The van der Waals surface area contributed by atoms with Gasteiger partial charge in [0.2, 0.25) is 0 Å². The molecule has 0 bridgehead atoms. The van der Waals surface area contributed by atoms with E-state index in [9.17, 15) is 0 Å². The molecule has 1 aliphatic rings. The van der Waals surface area contributed by atoms with Crippen molar-refractivity contribution in [2.75, 3.05) is 20.2 Å². The van der Waals surface area contributed by atoms with Crippen molar-refractivity contribution in [2.45, 2.75) is 25.9 Å². The van der Waals surface area contributed by atoms with Gasteiger partial charge in [-0.1, -0.05) is 19.1 Å². The molecular weight excluding hydrogens is 212 g/mol. The first-order chi connectivity index (χ1) is 8.19. The molecule has 0 radical (unpaired) electrons. The van der Waals surface area contributed by atoms with E-state index in [1.807, 2.05) is 12.1 Å². The second kappa shape index (κ2) is 5.52. The topological polar surface area (TPSA) is 38.5 Å². The van der Waals surface area contributed by atoms with E-state index in [1.54, 1.807) is 7.11 Å². The molecule has 1 aromatic carbocycles. The molecule has 1 aromatic rings. The van der Waals surface area contributed by atoms with Crippen LogP contribution >= 0.6 is 0 Å². The highest BCUT2D eigenvalue weighted by atomic mass is 16.5. The Labute approximate surface area is 104 Å². The zero-order chi connectivity index (χ0) is 12.3. The molecule has 0 spiro atoms. The van der Waals surface area contributed by atoms with E-state index in [0.717, 1.165) is 25.4 Å². The van der Waals surface area contributed by atoms with Crippen molar-refractivity contribution >= 4 is 0 Å². The predicted octanol–water partition coefficient (Wildman–Crippen LogP) is 1.86. The number of likely N-dealkylation sites (tertiary alicyclic amines) is 1. The van der Waals surface area contributed by atoms with Gasteiger partial charge in [0.1, 0.15) is 5.75 Å². The lowest BCUT2D eigenvalue weighted by molar-refractivity contribution is 0.162. The average Bonchev–Trinajstić information content (AvgIpc) is 2.35. The lowest BCUT2D eigenvalue weighted by Crippen LogP contribution is -2.47. The number of nitrogens with two attached hydrogens (primary N) is 1. The lowest BCUT2D eigenvalue weighted by atomic mass is 9.94. The monoisotopic (exact) mass is 234 g/mol. The van der Waals surface area contributed by atoms with Gasteiger partial charge in [-0.3, -0.25) is 4.90 Å². The molecule has 1 fully saturated rings. The summed E-state index contributed by atoms with van der Waals surface area (Å²) in [5.74, 6) is 1.57. The second-order valence-corrected chi connectivity index (χ2v) is 5.01. The van der Waals surface area contributed by atoms with Gasteiger partial charge in [-0.05, 0) is 36.6 Å². The summed E-state index contributed by atoms with van der Waals surface area (Å²) >= 11 is 0. The first-order valence-electron chi connectivity index (χ1n) is 6.30. The van der Waals surface area contributed by atoms with Gasteiger partial charge in [0, 0.05) is 19.1 Å². The van der Waals surface area contributed by atoms with Crippen LogP contribution in [0.25, 0.3) is 0 Å². The van der Waals surface area contributed by atoms with E-state index in [1.165, 1.54) is 12.0 Å². The minimum atomic E-state index is 0.321. The smallest absolute Gasteiger partial charge is 0.118 e. The van der Waals surface area contributed by atoms with Gasteiger partial charge in [0.15, 0.2) is 0 Å². The van der Waals surface area contributed by atoms with Crippen LogP contribution in [-0.2, 0) is 6.54 Å². The predicted molar refractivity (Wildman–Crippen MR) is 70.0 cm³/mol. The summed E-state index contributed by atoms with van der Waals surface area (Å²) in [6.45, 7) is 5.40. The zero-order valence-electron chi connectivity index (χ0n) is 10.7. The third-order valence-corrected chi connectivity index (χ3v) is 3.67. The fourth-order valence-corrected chi connectivity index (χ4v) is 2.30.